The number of amides is 1. The van der Waals surface area contributed by atoms with Gasteiger partial charge in [-0.3, -0.25) is 4.79 Å². The van der Waals surface area contributed by atoms with Crippen LogP contribution in [-0.4, -0.2) is 23.0 Å². The van der Waals surface area contributed by atoms with Gasteiger partial charge in [-0.1, -0.05) is 13.8 Å². The lowest BCUT2D eigenvalue weighted by Crippen LogP contribution is -2.44. The summed E-state index contributed by atoms with van der Waals surface area (Å²) in [5.74, 6) is -4.15. The van der Waals surface area contributed by atoms with Gasteiger partial charge in [-0.25, -0.2) is 13.6 Å². The molecular formula is C12H13F2NO3. The molecule has 0 saturated carbocycles. The maximum atomic E-state index is 12.9. The number of benzene rings is 1. The summed E-state index contributed by atoms with van der Waals surface area (Å²) in [6.07, 6.45) is 0. The molecule has 1 amide bonds. The summed E-state index contributed by atoms with van der Waals surface area (Å²) in [5.41, 5.74) is -0.251. The van der Waals surface area contributed by atoms with Crippen molar-refractivity contribution >= 4 is 11.9 Å². The standard InChI is InChI=1S/C12H13F2NO3/c1-6(2)10(12(17)18)15-11(16)7-3-8(13)5-9(14)4-7/h3-6,10H,1-2H3,(H,15,16)(H,17,18). The van der Waals surface area contributed by atoms with Crippen LogP contribution in [0.2, 0.25) is 0 Å². The van der Waals surface area contributed by atoms with Crippen molar-refractivity contribution in [2.75, 3.05) is 0 Å². The number of rotatable bonds is 4. The molecule has 1 aromatic carbocycles. The molecular weight excluding hydrogens is 244 g/mol. The number of carboxylic acids is 1. The van der Waals surface area contributed by atoms with Gasteiger partial charge in [-0.05, 0) is 18.1 Å². The van der Waals surface area contributed by atoms with E-state index < -0.39 is 29.6 Å². The first-order valence-electron chi connectivity index (χ1n) is 5.31. The van der Waals surface area contributed by atoms with Crippen molar-refractivity contribution in [2.45, 2.75) is 19.9 Å². The predicted octanol–water partition coefficient (Wildman–Crippen LogP) is 1.80. The Morgan fingerprint density at radius 3 is 2.06 bits per heavy atom. The predicted molar refractivity (Wildman–Crippen MR) is 60.1 cm³/mol. The van der Waals surface area contributed by atoms with Crippen LogP contribution < -0.4 is 5.32 Å². The number of carboxylic acid groups (broad SMARTS) is 1. The first kappa shape index (κ1) is 14.1. The number of halogens is 2. The molecule has 98 valence electrons. The third kappa shape index (κ3) is 3.51. The van der Waals surface area contributed by atoms with E-state index in [1.165, 1.54) is 0 Å². The second-order valence-corrected chi connectivity index (χ2v) is 4.19. The molecule has 0 spiro atoms. The van der Waals surface area contributed by atoms with Gasteiger partial charge in [0.2, 0.25) is 0 Å². The number of hydrogen-bond donors (Lipinski definition) is 2. The van der Waals surface area contributed by atoms with Crippen LogP contribution >= 0.6 is 0 Å². The molecule has 1 rings (SSSR count). The zero-order chi connectivity index (χ0) is 13.9. The van der Waals surface area contributed by atoms with Crippen molar-refractivity contribution in [2.24, 2.45) is 5.92 Å². The van der Waals surface area contributed by atoms with E-state index in [2.05, 4.69) is 5.32 Å². The highest BCUT2D eigenvalue weighted by molar-refractivity contribution is 5.96. The fraction of sp³-hybridized carbons (Fsp3) is 0.333. The monoisotopic (exact) mass is 257 g/mol. The van der Waals surface area contributed by atoms with Gasteiger partial charge in [0.15, 0.2) is 0 Å². The average molecular weight is 257 g/mol. The van der Waals surface area contributed by atoms with Crippen molar-refractivity contribution in [1.82, 2.24) is 5.32 Å². The van der Waals surface area contributed by atoms with Crippen LogP contribution in [0.15, 0.2) is 18.2 Å². The van der Waals surface area contributed by atoms with E-state index in [9.17, 15) is 18.4 Å². The number of hydrogen-bond acceptors (Lipinski definition) is 2. The highest BCUT2D eigenvalue weighted by Crippen LogP contribution is 2.09. The quantitative estimate of drug-likeness (QED) is 0.864. The SMILES string of the molecule is CC(C)C(NC(=O)c1cc(F)cc(F)c1)C(=O)O. The van der Waals surface area contributed by atoms with Crippen LogP contribution in [0.25, 0.3) is 0 Å². The summed E-state index contributed by atoms with van der Waals surface area (Å²) >= 11 is 0. The minimum Gasteiger partial charge on any atom is -0.480 e. The molecule has 0 aliphatic rings. The molecule has 6 heteroatoms. The van der Waals surface area contributed by atoms with Gasteiger partial charge in [-0.2, -0.15) is 0 Å². The van der Waals surface area contributed by atoms with Crippen molar-refractivity contribution < 1.29 is 23.5 Å². The van der Waals surface area contributed by atoms with Crippen LogP contribution in [0.4, 0.5) is 8.78 Å². The van der Waals surface area contributed by atoms with Gasteiger partial charge in [0.25, 0.3) is 5.91 Å². The van der Waals surface area contributed by atoms with Crippen molar-refractivity contribution in [3.63, 3.8) is 0 Å². The van der Waals surface area contributed by atoms with E-state index in [1.54, 1.807) is 13.8 Å². The molecule has 4 nitrogen and oxygen atoms in total. The molecule has 0 aliphatic carbocycles. The lowest BCUT2D eigenvalue weighted by Gasteiger charge is -2.17. The molecule has 0 aromatic heterocycles. The molecule has 18 heavy (non-hydrogen) atoms. The zero-order valence-electron chi connectivity index (χ0n) is 9.91. The van der Waals surface area contributed by atoms with Gasteiger partial charge >= 0.3 is 5.97 Å². The van der Waals surface area contributed by atoms with E-state index in [0.717, 1.165) is 12.1 Å². The normalized spacial score (nSPS) is 12.3. The van der Waals surface area contributed by atoms with Crippen molar-refractivity contribution in [1.29, 1.82) is 0 Å². The number of carbonyl (C=O) groups is 2. The Hall–Kier alpha value is -1.98. The zero-order valence-corrected chi connectivity index (χ0v) is 9.91. The van der Waals surface area contributed by atoms with Gasteiger partial charge < -0.3 is 10.4 Å². The summed E-state index contributed by atoms with van der Waals surface area (Å²) < 4.78 is 25.8. The third-order valence-electron chi connectivity index (χ3n) is 2.34. The maximum absolute atomic E-state index is 12.9. The van der Waals surface area contributed by atoms with Gasteiger partial charge in [-0.15, -0.1) is 0 Å². The van der Waals surface area contributed by atoms with E-state index in [-0.39, 0.29) is 11.5 Å². The number of carbonyl (C=O) groups excluding carboxylic acids is 1. The summed E-state index contributed by atoms with van der Waals surface area (Å²) in [6, 6.07) is 1.22. The largest absolute Gasteiger partial charge is 0.480 e. The maximum Gasteiger partial charge on any atom is 0.326 e. The first-order chi connectivity index (χ1) is 8.31. The average Bonchev–Trinajstić information content (AvgIpc) is 2.23. The Bertz CT molecular complexity index is 454. The van der Waals surface area contributed by atoms with Crippen LogP contribution in [0.5, 0.6) is 0 Å². The second-order valence-electron chi connectivity index (χ2n) is 4.19. The molecule has 0 aliphatic heterocycles. The molecule has 0 fully saturated rings. The van der Waals surface area contributed by atoms with Crippen LogP contribution in [0.3, 0.4) is 0 Å². The molecule has 1 unspecified atom stereocenters. The molecule has 0 radical (unpaired) electrons. The fourth-order valence-electron chi connectivity index (χ4n) is 1.42. The van der Waals surface area contributed by atoms with Crippen LogP contribution in [-0.2, 0) is 4.79 Å². The number of aliphatic carboxylic acids is 1. The fourth-order valence-corrected chi connectivity index (χ4v) is 1.42. The summed E-state index contributed by atoms with van der Waals surface area (Å²) in [6.45, 7) is 3.23. The Labute approximate surface area is 103 Å². The van der Waals surface area contributed by atoms with Crippen LogP contribution in [0, 0.1) is 17.6 Å². The molecule has 0 heterocycles. The highest BCUT2D eigenvalue weighted by atomic mass is 19.1. The van der Waals surface area contributed by atoms with Crippen molar-refractivity contribution in [3.05, 3.63) is 35.4 Å². The highest BCUT2D eigenvalue weighted by Gasteiger charge is 2.24. The summed E-state index contributed by atoms with van der Waals surface area (Å²) in [7, 11) is 0. The van der Waals surface area contributed by atoms with E-state index in [4.69, 9.17) is 5.11 Å². The van der Waals surface area contributed by atoms with Gasteiger partial charge in [0.1, 0.15) is 17.7 Å². The molecule has 1 aromatic rings. The lowest BCUT2D eigenvalue weighted by molar-refractivity contribution is -0.140. The Morgan fingerprint density at radius 1 is 1.17 bits per heavy atom. The van der Waals surface area contributed by atoms with E-state index in [1.807, 2.05) is 0 Å². The lowest BCUT2D eigenvalue weighted by atomic mass is 10.0. The minimum atomic E-state index is -1.20. The van der Waals surface area contributed by atoms with Gasteiger partial charge in [0.05, 0.1) is 0 Å². The van der Waals surface area contributed by atoms with Crippen molar-refractivity contribution in [3.8, 4) is 0 Å². The summed E-state index contributed by atoms with van der Waals surface area (Å²) in [4.78, 5) is 22.5. The topological polar surface area (TPSA) is 66.4 Å². The first-order valence-corrected chi connectivity index (χ1v) is 5.31. The molecule has 2 N–H and O–H groups in total. The molecule has 1 atom stereocenters. The molecule has 0 bridgehead atoms. The number of nitrogens with one attached hydrogen (secondary N) is 1. The smallest absolute Gasteiger partial charge is 0.326 e. The van der Waals surface area contributed by atoms with E-state index >= 15 is 0 Å². The van der Waals surface area contributed by atoms with Crippen LogP contribution in [0.1, 0.15) is 24.2 Å². The Morgan fingerprint density at radius 2 is 1.67 bits per heavy atom. The van der Waals surface area contributed by atoms with Gasteiger partial charge in [0, 0.05) is 11.6 Å². The second kappa shape index (κ2) is 5.57. The Kier molecular flexibility index (Phi) is 4.36. The third-order valence-corrected chi connectivity index (χ3v) is 2.34. The van der Waals surface area contributed by atoms with E-state index in [0.29, 0.717) is 6.07 Å². The Balaban J connectivity index is 2.90. The summed E-state index contributed by atoms with van der Waals surface area (Å²) in [5, 5.41) is 11.1. The molecule has 0 saturated heterocycles. The minimum absolute atomic E-state index is 0.251.